The van der Waals surface area contributed by atoms with E-state index in [0.29, 0.717) is 13.0 Å². The minimum absolute atomic E-state index is 0.198. The highest BCUT2D eigenvalue weighted by molar-refractivity contribution is 5.73. The van der Waals surface area contributed by atoms with Gasteiger partial charge in [-0.05, 0) is 12.8 Å². The lowest BCUT2D eigenvalue weighted by atomic mass is 10.1. The minimum atomic E-state index is -0.198. The molecule has 5 heteroatoms. The largest absolute Gasteiger partial charge is 0.370 e. The summed E-state index contributed by atoms with van der Waals surface area (Å²) < 4.78 is 0. The summed E-state index contributed by atoms with van der Waals surface area (Å²) in [6.07, 6.45) is 10.6. The molecule has 0 heterocycles. The number of amides is 1. The molecule has 0 atom stereocenters. The van der Waals surface area contributed by atoms with Crippen molar-refractivity contribution in [1.29, 1.82) is 0 Å². The van der Waals surface area contributed by atoms with E-state index in [-0.39, 0.29) is 12.4 Å². The van der Waals surface area contributed by atoms with Crippen molar-refractivity contribution < 1.29 is 19.4 Å². The van der Waals surface area contributed by atoms with Crippen LogP contribution in [0.15, 0.2) is 0 Å². The van der Waals surface area contributed by atoms with Gasteiger partial charge < -0.3 is 10.6 Å². The van der Waals surface area contributed by atoms with Gasteiger partial charge in [0.25, 0.3) is 0 Å². The van der Waals surface area contributed by atoms with Crippen LogP contribution in [0.3, 0.4) is 0 Å². The summed E-state index contributed by atoms with van der Waals surface area (Å²) in [5.41, 5.74) is 5.05. The topological polar surface area (TPSA) is 78.6 Å². The predicted octanol–water partition coefficient (Wildman–Crippen LogP) is 2.48. The van der Waals surface area contributed by atoms with Crippen LogP contribution < -0.4 is 5.73 Å². The van der Waals surface area contributed by atoms with E-state index in [9.17, 15) is 9.59 Å². The van der Waals surface area contributed by atoms with Gasteiger partial charge in [0.1, 0.15) is 0 Å². The summed E-state index contributed by atoms with van der Waals surface area (Å²) in [5.74, 6) is -0.198. The molecule has 2 N–H and O–H groups in total. The zero-order valence-electron chi connectivity index (χ0n) is 11.1. The second kappa shape index (κ2) is 14.0. The first kappa shape index (κ1) is 16.9. The number of unbranched alkanes of at least 4 members (excludes halogenated alkanes) is 8. The Morgan fingerprint density at radius 2 is 1.39 bits per heavy atom. The van der Waals surface area contributed by atoms with E-state index >= 15 is 0 Å². The third-order valence-corrected chi connectivity index (χ3v) is 2.76. The normalized spacial score (nSPS) is 10.2. The molecule has 1 amide bonds. The van der Waals surface area contributed by atoms with Gasteiger partial charge in [0.2, 0.25) is 5.91 Å². The van der Waals surface area contributed by atoms with Crippen LogP contribution in [0.1, 0.15) is 64.2 Å². The number of hydrogen-bond donors (Lipinski definition) is 1. The van der Waals surface area contributed by atoms with Crippen LogP contribution in [-0.4, -0.2) is 19.0 Å². The summed E-state index contributed by atoms with van der Waals surface area (Å²) in [7, 11) is 0. The smallest absolute Gasteiger partial charge is 0.330 e. The number of carbonyl (C=O) groups excluding carboxylic acids is 2. The van der Waals surface area contributed by atoms with Crippen molar-refractivity contribution in [3.8, 4) is 0 Å². The number of rotatable bonds is 14. The Labute approximate surface area is 109 Å². The molecule has 106 valence electrons. The van der Waals surface area contributed by atoms with Crippen LogP contribution in [0.25, 0.3) is 0 Å². The molecule has 0 fully saturated rings. The number of carbonyl (C=O) groups is 2. The summed E-state index contributed by atoms with van der Waals surface area (Å²) >= 11 is 0. The molecule has 0 aliphatic rings. The van der Waals surface area contributed by atoms with Crippen LogP contribution in [0, 0.1) is 0 Å². The van der Waals surface area contributed by atoms with Crippen molar-refractivity contribution in [3.63, 3.8) is 0 Å². The molecule has 0 aliphatic carbocycles. The van der Waals surface area contributed by atoms with Gasteiger partial charge in [0, 0.05) is 6.42 Å². The SMILES string of the molecule is NC(=O)CCCCCCCCCCCOOC=O. The van der Waals surface area contributed by atoms with Crippen LogP contribution in [-0.2, 0) is 19.4 Å². The molecule has 0 saturated heterocycles. The number of nitrogens with two attached hydrogens (primary N) is 1. The number of primary amides is 1. The standard InChI is InChI=1S/C13H25NO4/c14-13(16)10-8-6-4-2-1-3-5-7-9-11-17-18-12-15/h12H,1-11H2,(H2,14,16). The lowest BCUT2D eigenvalue weighted by molar-refractivity contribution is -0.259. The fraction of sp³-hybridized carbons (Fsp3) is 0.846. The Kier molecular flexibility index (Phi) is 13.1. The maximum Gasteiger partial charge on any atom is 0.330 e. The van der Waals surface area contributed by atoms with Gasteiger partial charge in [-0.2, -0.15) is 4.89 Å². The van der Waals surface area contributed by atoms with E-state index in [2.05, 4.69) is 9.78 Å². The van der Waals surface area contributed by atoms with Crippen molar-refractivity contribution >= 4 is 12.4 Å². The lowest BCUT2D eigenvalue weighted by Crippen LogP contribution is -2.09. The van der Waals surface area contributed by atoms with Crippen molar-refractivity contribution in [3.05, 3.63) is 0 Å². The van der Waals surface area contributed by atoms with Crippen molar-refractivity contribution in [2.45, 2.75) is 64.2 Å². The Balaban J connectivity index is 2.94. The van der Waals surface area contributed by atoms with E-state index in [1.165, 1.54) is 32.1 Å². The first-order valence-corrected chi connectivity index (χ1v) is 6.77. The van der Waals surface area contributed by atoms with Crippen molar-refractivity contribution in [2.24, 2.45) is 5.73 Å². The van der Waals surface area contributed by atoms with Crippen LogP contribution >= 0.6 is 0 Å². The molecule has 0 aromatic rings. The van der Waals surface area contributed by atoms with Gasteiger partial charge >= 0.3 is 6.47 Å². The average molecular weight is 259 g/mol. The fourth-order valence-corrected chi connectivity index (χ4v) is 1.77. The predicted molar refractivity (Wildman–Crippen MR) is 68.5 cm³/mol. The molecule has 0 rings (SSSR count). The lowest BCUT2D eigenvalue weighted by Gasteiger charge is -2.02. The zero-order chi connectivity index (χ0) is 13.5. The minimum Gasteiger partial charge on any atom is -0.370 e. The second-order valence-corrected chi connectivity index (χ2v) is 4.41. The second-order valence-electron chi connectivity index (χ2n) is 4.41. The molecule has 0 bridgehead atoms. The maximum atomic E-state index is 10.5. The maximum absolute atomic E-state index is 10.5. The van der Waals surface area contributed by atoms with Gasteiger partial charge in [0.15, 0.2) is 0 Å². The molecular weight excluding hydrogens is 234 g/mol. The molecule has 0 unspecified atom stereocenters. The van der Waals surface area contributed by atoms with Gasteiger partial charge in [-0.3, -0.25) is 9.59 Å². The van der Waals surface area contributed by atoms with E-state index in [0.717, 1.165) is 25.7 Å². The highest BCUT2D eigenvalue weighted by Gasteiger charge is 1.95. The van der Waals surface area contributed by atoms with Crippen molar-refractivity contribution in [1.82, 2.24) is 0 Å². The van der Waals surface area contributed by atoms with Crippen LogP contribution in [0.2, 0.25) is 0 Å². The molecule has 0 saturated carbocycles. The van der Waals surface area contributed by atoms with Gasteiger partial charge in [-0.15, -0.1) is 0 Å². The summed E-state index contributed by atoms with van der Waals surface area (Å²) in [4.78, 5) is 28.9. The molecule has 0 aromatic heterocycles. The Morgan fingerprint density at radius 3 is 1.89 bits per heavy atom. The van der Waals surface area contributed by atoms with Crippen molar-refractivity contribution in [2.75, 3.05) is 6.61 Å². The zero-order valence-corrected chi connectivity index (χ0v) is 11.1. The van der Waals surface area contributed by atoms with E-state index in [4.69, 9.17) is 5.73 Å². The fourth-order valence-electron chi connectivity index (χ4n) is 1.77. The molecule has 0 radical (unpaired) electrons. The molecule has 0 aromatic carbocycles. The third-order valence-electron chi connectivity index (χ3n) is 2.76. The molecule has 0 spiro atoms. The van der Waals surface area contributed by atoms with Gasteiger partial charge in [-0.25, -0.2) is 0 Å². The van der Waals surface area contributed by atoms with Gasteiger partial charge in [0.05, 0.1) is 6.61 Å². The Hall–Kier alpha value is -1.10. The molecular formula is C13H25NO4. The highest BCUT2D eigenvalue weighted by atomic mass is 17.2. The summed E-state index contributed by atoms with van der Waals surface area (Å²) in [6, 6.07) is 0. The first-order valence-electron chi connectivity index (χ1n) is 6.77. The highest BCUT2D eigenvalue weighted by Crippen LogP contribution is 2.10. The van der Waals surface area contributed by atoms with E-state index < -0.39 is 0 Å². The molecule has 0 aliphatic heterocycles. The number of hydrogen-bond acceptors (Lipinski definition) is 4. The van der Waals surface area contributed by atoms with E-state index in [1.807, 2.05) is 0 Å². The van der Waals surface area contributed by atoms with Crippen LogP contribution in [0.5, 0.6) is 0 Å². The Morgan fingerprint density at radius 1 is 0.889 bits per heavy atom. The van der Waals surface area contributed by atoms with Gasteiger partial charge in [-0.1, -0.05) is 44.9 Å². The average Bonchev–Trinajstić information content (AvgIpc) is 2.34. The molecule has 5 nitrogen and oxygen atoms in total. The summed E-state index contributed by atoms with van der Waals surface area (Å²) in [6.45, 7) is 0.768. The quantitative estimate of drug-likeness (QED) is 0.225. The first-order chi connectivity index (χ1) is 8.77. The van der Waals surface area contributed by atoms with E-state index in [1.54, 1.807) is 0 Å². The third kappa shape index (κ3) is 14.9. The monoisotopic (exact) mass is 259 g/mol. The molecule has 18 heavy (non-hydrogen) atoms. The Bertz CT molecular complexity index is 209. The summed E-state index contributed by atoms with van der Waals surface area (Å²) in [5, 5.41) is 0. The van der Waals surface area contributed by atoms with Crippen LogP contribution in [0.4, 0.5) is 0 Å².